The number of nitrogens with zero attached hydrogens (tertiary/aromatic N) is 2. The molecule has 0 fully saturated rings. The molecule has 3 aromatic carbocycles. The lowest BCUT2D eigenvalue weighted by Gasteiger charge is -2.25. The number of hydrogen-bond donors (Lipinski definition) is 2. The number of pyridine rings is 1. The quantitative estimate of drug-likeness (QED) is 0.365. The van der Waals surface area contributed by atoms with E-state index in [2.05, 4.69) is 10.3 Å². The topological polar surface area (TPSA) is 108 Å². The molecular weight excluding hydrogens is 488 g/mol. The van der Waals surface area contributed by atoms with Crippen molar-refractivity contribution in [1.82, 2.24) is 15.0 Å². The molecule has 4 rings (SSSR count). The monoisotopic (exact) mass is 516 g/mol. The van der Waals surface area contributed by atoms with Crippen molar-refractivity contribution in [1.29, 1.82) is 0 Å². The Hall–Kier alpha value is -4.24. The number of aryl methyl sites for hydroxylation is 2. The number of carbonyl (C=O) groups is 2. The normalized spacial score (nSPS) is 12.1. The number of anilines is 1. The summed E-state index contributed by atoms with van der Waals surface area (Å²) in [6.07, 6.45) is 2.49. The Morgan fingerprint density at radius 1 is 0.946 bits per heavy atom. The van der Waals surface area contributed by atoms with Gasteiger partial charge in [-0.25, -0.2) is 17.9 Å². The van der Waals surface area contributed by atoms with Gasteiger partial charge < -0.3 is 10.2 Å². The van der Waals surface area contributed by atoms with E-state index in [0.717, 1.165) is 16.5 Å². The lowest BCUT2D eigenvalue weighted by Crippen LogP contribution is -2.51. The van der Waals surface area contributed by atoms with Gasteiger partial charge in [0, 0.05) is 24.3 Å². The summed E-state index contributed by atoms with van der Waals surface area (Å²) in [5.74, 6) is -0.373. The molecule has 4 aromatic rings. The van der Waals surface area contributed by atoms with Crippen molar-refractivity contribution in [3.8, 4) is 0 Å². The van der Waals surface area contributed by atoms with E-state index < -0.39 is 22.1 Å². The molecule has 0 bridgehead atoms. The van der Waals surface area contributed by atoms with Crippen LogP contribution in [0, 0.1) is 6.92 Å². The highest BCUT2D eigenvalue weighted by Gasteiger charge is 2.27. The van der Waals surface area contributed by atoms with Crippen LogP contribution in [-0.4, -0.2) is 38.4 Å². The zero-order chi connectivity index (χ0) is 26.4. The molecule has 9 heteroatoms. The maximum Gasteiger partial charge on any atom is 0.329 e. The summed E-state index contributed by atoms with van der Waals surface area (Å²) in [4.78, 5) is 32.1. The highest BCUT2D eigenvalue weighted by atomic mass is 32.2. The van der Waals surface area contributed by atoms with Crippen molar-refractivity contribution in [2.45, 2.75) is 30.7 Å². The fourth-order valence-electron chi connectivity index (χ4n) is 4.07. The fraction of sp³-hybridized carbons (Fsp3) is 0.179. The Kier molecular flexibility index (Phi) is 7.83. The van der Waals surface area contributed by atoms with E-state index in [4.69, 9.17) is 0 Å². The van der Waals surface area contributed by atoms with Crippen LogP contribution < -0.4 is 14.9 Å². The lowest BCUT2D eigenvalue weighted by atomic mass is 10.0. The SMILES string of the molecule is Cc1ccccc1S(=O)(=O)NC(=O)N[C@@H](CCc1ccccc1)C(=O)N(C)c1ccc2ncccc2c1. The molecule has 0 aliphatic carbocycles. The molecular formula is C28H28N4O4S. The van der Waals surface area contributed by atoms with E-state index in [1.165, 1.54) is 11.0 Å². The average Bonchev–Trinajstić information content (AvgIpc) is 2.90. The van der Waals surface area contributed by atoms with E-state index in [1.807, 2.05) is 59.3 Å². The zero-order valence-electron chi connectivity index (χ0n) is 20.6. The smallest absolute Gasteiger partial charge is 0.325 e. The molecule has 190 valence electrons. The van der Waals surface area contributed by atoms with Crippen molar-refractivity contribution in [3.63, 3.8) is 0 Å². The number of sulfonamides is 1. The highest BCUT2D eigenvalue weighted by molar-refractivity contribution is 7.90. The van der Waals surface area contributed by atoms with E-state index in [9.17, 15) is 18.0 Å². The van der Waals surface area contributed by atoms with Crippen LogP contribution in [0.2, 0.25) is 0 Å². The molecule has 1 aromatic heterocycles. The van der Waals surface area contributed by atoms with Gasteiger partial charge in [0.25, 0.3) is 10.0 Å². The summed E-state index contributed by atoms with van der Waals surface area (Å²) in [5, 5.41) is 3.46. The summed E-state index contributed by atoms with van der Waals surface area (Å²) in [5.41, 5.74) is 2.93. The van der Waals surface area contributed by atoms with Crippen LogP contribution in [0.4, 0.5) is 10.5 Å². The molecule has 8 nitrogen and oxygen atoms in total. The van der Waals surface area contributed by atoms with Crippen LogP contribution in [0.15, 0.2) is 96.0 Å². The predicted molar refractivity (Wildman–Crippen MR) is 144 cm³/mol. The minimum Gasteiger partial charge on any atom is -0.325 e. The fourth-order valence-corrected chi connectivity index (χ4v) is 5.23. The zero-order valence-corrected chi connectivity index (χ0v) is 21.4. The second-order valence-electron chi connectivity index (χ2n) is 8.70. The molecule has 0 aliphatic rings. The first kappa shape index (κ1) is 25.8. The van der Waals surface area contributed by atoms with Gasteiger partial charge in [-0.2, -0.15) is 0 Å². The number of likely N-dealkylation sites (N-methyl/N-ethyl adjacent to an activating group) is 1. The summed E-state index contributed by atoms with van der Waals surface area (Å²) < 4.78 is 27.6. The molecule has 1 heterocycles. The number of amides is 3. The molecule has 0 spiro atoms. The van der Waals surface area contributed by atoms with Crippen molar-refractivity contribution in [3.05, 3.63) is 102 Å². The summed E-state index contributed by atoms with van der Waals surface area (Å²) in [6, 6.07) is 23.2. The van der Waals surface area contributed by atoms with Crippen LogP contribution in [0.3, 0.4) is 0 Å². The minimum atomic E-state index is -4.12. The lowest BCUT2D eigenvalue weighted by molar-refractivity contribution is -0.120. The summed E-state index contributed by atoms with van der Waals surface area (Å²) in [6.45, 7) is 1.65. The van der Waals surface area contributed by atoms with Crippen molar-refractivity contribution < 1.29 is 18.0 Å². The van der Waals surface area contributed by atoms with Crippen molar-refractivity contribution >= 4 is 38.6 Å². The first-order valence-electron chi connectivity index (χ1n) is 11.8. The Morgan fingerprint density at radius 2 is 1.68 bits per heavy atom. The second kappa shape index (κ2) is 11.2. The van der Waals surface area contributed by atoms with Gasteiger partial charge in [-0.05, 0) is 61.2 Å². The largest absolute Gasteiger partial charge is 0.329 e. The Balaban J connectivity index is 1.54. The molecule has 2 N–H and O–H groups in total. The number of aromatic nitrogens is 1. The molecule has 0 unspecified atom stereocenters. The van der Waals surface area contributed by atoms with Gasteiger partial charge in [-0.3, -0.25) is 9.78 Å². The average molecular weight is 517 g/mol. The van der Waals surface area contributed by atoms with Gasteiger partial charge in [0.15, 0.2) is 0 Å². The number of hydrogen-bond acceptors (Lipinski definition) is 5. The van der Waals surface area contributed by atoms with Crippen molar-refractivity contribution in [2.75, 3.05) is 11.9 Å². The third kappa shape index (κ3) is 6.31. The minimum absolute atomic E-state index is 0.000738. The van der Waals surface area contributed by atoms with Crippen LogP contribution >= 0.6 is 0 Å². The molecule has 37 heavy (non-hydrogen) atoms. The third-order valence-corrected chi connectivity index (χ3v) is 7.57. The Bertz CT molecular complexity index is 1520. The van der Waals surface area contributed by atoms with Gasteiger partial charge >= 0.3 is 6.03 Å². The number of urea groups is 1. The number of nitrogens with one attached hydrogen (secondary N) is 2. The molecule has 1 atom stereocenters. The molecule has 0 radical (unpaired) electrons. The standard InChI is InChI=1S/C28H28N4O4S/c1-20-9-6-7-13-26(20)37(35,36)31-28(34)30-25(16-14-21-10-4-3-5-11-21)27(33)32(2)23-15-17-24-22(19-23)12-8-18-29-24/h3-13,15,17-19,25H,14,16H2,1-2H3,(H2,30,31,34)/t25-/m0/s1. The first-order chi connectivity index (χ1) is 17.7. The molecule has 0 saturated carbocycles. The van der Waals surface area contributed by atoms with Gasteiger partial charge in [0.2, 0.25) is 5.91 Å². The highest BCUT2D eigenvalue weighted by Crippen LogP contribution is 2.21. The first-order valence-corrected chi connectivity index (χ1v) is 13.3. The molecule has 3 amide bonds. The van der Waals surface area contributed by atoms with E-state index in [1.54, 1.807) is 44.4 Å². The molecule has 0 saturated heterocycles. The second-order valence-corrected chi connectivity index (χ2v) is 10.3. The number of fused-ring (bicyclic) bond motifs is 1. The number of rotatable bonds is 8. The van der Waals surface area contributed by atoms with Crippen LogP contribution in [0.1, 0.15) is 17.5 Å². The van der Waals surface area contributed by atoms with E-state index in [0.29, 0.717) is 17.7 Å². The van der Waals surface area contributed by atoms with E-state index in [-0.39, 0.29) is 17.2 Å². The Labute approximate surface area is 216 Å². The maximum atomic E-state index is 13.5. The van der Waals surface area contributed by atoms with Gasteiger partial charge in [-0.15, -0.1) is 0 Å². The predicted octanol–water partition coefficient (Wildman–Crippen LogP) is 4.20. The number of benzene rings is 3. The number of carbonyl (C=O) groups excluding carboxylic acids is 2. The summed E-state index contributed by atoms with van der Waals surface area (Å²) >= 11 is 0. The Morgan fingerprint density at radius 3 is 2.43 bits per heavy atom. The van der Waals surface area contributed by atoms with Crippen LogP contribution in [-0.2, 0) is 21.2 Å². The maximum absolute atomic E-state index is 13.5. The van der Waals surface area contributed by atoms with Crippen LogP contribution in [0.25, 0.3) is 10.9 Å². The van der Waals surface area contributed by atoms with Crippen molar-refractivity contribution in [2.24, 2.45) is 0 Å². The van der Waals surface area contributed by atoms with Gasteiger partial charge in [0.05, 0.1) is 10.4 Å². The van der Waals surface area contributed by atoms with Gasteiger partial charge in [-0.1, -0.05) is 54.6 Å². The van der Waals surface area contributed by atoms with Crippen LogP contribution in [0.5, 0.6) is 0 Å². The molecule has 0 aliphatic heterocycles. The van der Waals surface area contributed by atoms with Gasteiger partial charge in [0.1, 0.15) is 6.04 Å². The van der Waals surface area contributed by atoms with E-state index >= 15 is 0 Å². The third-order valence-electron chi connectivity index (χ3n) is 6.08. The summed E-state index contributed by atoms with van der Waals surface area (Å²) in [7, 11) is -2.50.